The molecule has 136 valence electrons. The molecule has 4 aromatic rings. The molecule has 0 atom stereocenters. The highest BCUT2D eigenvalue weighted by molar-refractivity contribution is 5.90. The maximum absolute atomic E-state index is 14.1. The molecular formula is C20H15FN2O4. The van der Waals surface area contributed by atoms with Crippen molar-refractivity contribution in [3.8, 4) is 23.0 Å². The lowest BCUT2D eigenvalue weighted by Gasteiger charge is -2.01. The van der Waals surface area contributed by atoms with Crippen LogP contribution < -0.4 is 0 Å². The fourth-order valence-corrected chi connectivity index (χ4v) is 2.87. The largest absolute Gasteiger partial charge is 0.465 e. The lowest BCUT2D eigenvalue weighted by Crippen LogP contribution is -2.04. The van der Waals surface area contributed by atoms with Gasteiger partial charge in [-0.1, -0.05) is 17.3 Å². The highest BCUT2D eigenvalue weighted by atomic mass is 19.1. The highest BCUT2D eigenvalue weighted by Gasteiger charge is 2.19. The summed E-state index contributed by atoms with van der Waals surface area (Å²) in [4.78, 5) is 15.8. The summed E-state index contributed by atoms with van der Waals surface area (Å²) in [5, 5.41) is 4.86. The normalized spacial score (nSPS) is 11.1. The van der Waals surface area contributed by atoms with Gasteiger partial charge in [0.15, 0.2) is 5.76 Å². The van der Waals surface area contributed by atoms with E-state index in [0.717, 1.165) is 28.2 Å². The number of hydrogen-bond acceptors (Lipinski definition) is 6. The molecule has 27 heavy (non-hydrogen) atoms. The van der Waals surface area contributed by atoms with E-state index in [1.807, 2.05) is 32.0 Å². The second kappa shape index (κ2) is 6.35. The fraction of sp³-hybridized carbons (Fsp3) is 0.150. The number of benzene rings is 2. The van der Waals surface area contributed by atoms with E-state index in [2.05, 4.69) is 14.9 Å². The van der Waals surface area contributed by atoms with Crippen molar-refractivity contribution in [1.29, 1.82) is 0 Å². The lowest BCUT2D eigenvalue weighted by molar-refractivity contribution is 0.0595. The average Bonchev–Trinajstić information content (AvgIpc) is 3.31. The van der Waals surface area contributed by atoms with Crippen LogP contribution in [0, 0.1) is 19.7 Å². The zero-order valence-electron chi connectivity index (χ0n) is 14.9. The van der Waals surface area contributed by atoms with Crippen molar-refractivity contribution in [2.24, 2.45) is 0 Å². The van der Waals surface area contributed by atoms with Crippen molar-refractivity contribution in [1.82, 2.24) is 10.1 Å². The molecule has 7 heteroatoms. The maximum atomic E-state index is 14.1. The highest BCUT2D eigenvalue weighted by Crippen LogP contribution is 2.32. The summed E-state index contributed by atoms with van der Waals surface area (Å²) >= 11 is 0. The Kier molecular flexibility index (Phi) is 3.99. The van der Waals surface area contributed by atoms with Crippen LogP contribution in [0.4, 0.5) is 4.39 Å². The minimum absolute atomic E-state index is 0.159. The number of carbonyl (C=O) groups excluding carboxylic acids is 1. The third-order valence-corrected chi connectivity index (χ3v) is 4.37. The quantitative estimate of drug-likeness (QED) is 0.489. The zero-order chi connectivity index (χ0) is 19.1. The molecule has 2 heterocycles. The van der Waals surface area contributed by atoms with E-state index < -0.39 is 11.8 Å². The molecule has 0 aliphatic heterocycles. The number of carbonyl (C=O) groups is 1. The first-order valence-corrected chi connectivity index (χ1v) is 8.20. The molecule has 2 aromatic carbocycles. The Morgan fingerprint density at radius 2 is 1.89 bits per heavy atom. The zero-order valence-corrected chi connectivity index (χ0v) is 14.9. The number of furan rings is 1. The Labute approximate surface area is 153 Å². The number of methoxy groups -OCH3 is 1. The molecule has 4 rings (SSSR count). The van der Waals surface area contributed by atoms with Gasteiger partial charge in [-0.15, -0.1) is 0 Å². The van der Waals surface area contributed by atoms with E-state index in [1.54, 1.807) is 0 Å². The van der Waals surface area contributed by atoms with Crippen LogP contribution >= 0.6 is 0 Å². The number of fused-ring (bicyclic) bond motifs is 1. The number of aromatic nitrogens is 2. The molecule has 0 fully saturated rings. The Morgan fingerprint density at radius 1 is 1.11 bits per heavy atom. The molecule has 0 aliphatic carbocycles. The van der Waals surface area contributed by atoms with Crippen molar-refractivity contribution in [2.45, 2.75) is 13.8 Å². The first kappa shape index (κ1) is 17.0. The molecule has 0 spiro atoms. The van der Waals surface area contributed by atoms with Gasteiger partial charge in [-0.3, -0.25) is 0 Å². The Bertz CT molecular complexity index is 1140. The third kappa shape index (κ3) is 2.87. The van der Waals surface area contributed by atoms with E-state index in [9.17, 15) is 9.18 Å². The van der Waals surface area contributed by atoms with Gasteiger partial charge in [0.1, 0.15) is 11.4 Å². The van der Waals surface area contributed by atoms with Crippen LogP contribution in [0.3, 0.4) is 0 Å². The number of nitrogens with zero attached hydrogens (tertiary/aromatic N) is 2. The van der Waals surface area contributed by atoms with Crippen LogP contribution in [0.25, 0.3) is 34.0 Å². The molecule has 0 unspecified atom stereocenters. The SMILES string of the molecule is COC(=O)c1ccc(-c2noc(-c3cc4c(C)ccc(C)c4o3)n2)cc1F. The number of esters is 1. The van der Waals surface area contributed by atoms with Crippen molar-refractivity contribution in [3.05, 3.63) is 58.9 Å². The van der Waals surface area contributed by atoms with Gasteiger partial charge >= 0.3 is 5.97 Å². The fourth-order valence-electron chi connectivity index (χ4n) is 2.87. The molecule has 6 nitrogen and oxygen atoms in total. The molecular weight excluding hydrogens is 351 g/mol. The first-order chi connectivity index (χ1) is 13.0. The van der Waals surface area contributed by atoms with Crippen LogP contribution in [0.1, 0.15) is 21.5 Å². The number of halogens is 1. The van der Waals surface area contributed by atoms with Crippen molar-refractivity contribution in [2.75, 3.05) is 7.11 Å². The predicted molar refractivity (Wildman–Crippen MR) is 95.7 cm³/mol. The van der Waals surface area contributed by atoms with Gasteiger partial charge in [0, 0.05) is 10.9 Å². The Balaban J connectivity index is 1.72. The first-order valence-electron chi connectivity index (χ1n) is 8.20. The van der Waals surface area contributed by atoms with E-state index in [1.165, 1.54) is 19.2 Å². The predicted octanol–water partition coefficient (Wildman–Crippen LogP) is 4.69. The number of hydrogen-bond donors (Lipinski definition) is 0. The van der Waals surface area contributed by atoms with Gasteiger partial charge in [-0.25, -0.2) is 9.18 Å². The average molecular weight is 366 g/mol. The van der Waals surface area contributed by atoms with Gasteiger partial charge in [0.2, 0.25) is 5.82 Å². The Hall–Kier alpha value is -3.48. The second-order valence-electron chi connectivity index (χ2n) is 6.16. The van der Waals surface area contributed by atoms with Gasteiger partial charge in [0.05, 0.1) is 12.7 Å². The molecule has 2 aromatic heterocycles. The summed E-state index contributed by atoms with van der Waals surface area (Å²) in [7, 11) is 1.19. The number of aryl methyl sites for hydroxylation is 2. The van der Waals surface area contributed by atoms with E-state index >= 15 is 0 Å². The van der Waals surface area contributed by atoms with E-state index in [0.29, 0.717) is 11.3 Å². The molecule has 0 aliphatic rings. The Morgan fingerprint density at radius 3 is 2.59 bits per heavy atom. The molecule has 0 amide bonds. The molecule has 0 N–H and O–H groups in total. The maximum Gasteiger partial charge on any atom is 0.340 e. The van der Waals surface area contributed by atoms with Crippen molar-refractivity contribution >= 4 is 16.9 Å². The second-order valence-corrected chi connectivity index (χ2v) is 6.16. The number of rotatable bonds is 3. The van der Waals surface area contributed by atoms with E-state index in [4.69, 9.17) is 8.94 Å². The summed E-state index contributed by atoms with van der Waals surface area (Å²) in [6, 6.07) is 9.85. The van der Waals surface area contributed by atoms with Crippen LogP contribution in [-0.2, 0) is 4.74 Å². The summed E-state index contributed by atoms with van der Waals surface area (Å²) in [6.07, 6.45) is 0. The molecule has 0 bridgehead atoms. The monoisotopic (exact) mass is 366 g/mol. The van der Waals surface area contributed by atoms with Gasteiger partial charge < -0.3 is 13.7 Å². The lowest BCUT2D eigenvalue weighted by atomic mass is 10.1. The van der Waals surface area contributed by atoms with Gasteiger partial charge in [0.25, 0.3) is 5.89 Å². The van der Waals surface area contributed by atoms with E-state index in [-0.39, 0.29) is 17.3 Å². The van der Waals surface area contributed by atoms with Gasteiger partial charge in [-0.05, 0) is 49.2 Å². The molecule has 0 radical (unpaired) electrons. The molecule has 0 saturated carbocycles. The third-order valence-electron chi connectivity index (χ3n) is 4.37. The topological polar surface area (TPSA) is 78.4 Å². The van der Waals surface area contributed by atoms with Crippen LogP contribution in [-0.4, -0.2) is 23.2 Å². The molecule has 0 saturated heterocycles. The summed E-state index contributed by atoms with van der Waals surface area (Å²) in [6.45, 7) is 3.95. The minimum atomic E-state index is -0.749. The minimum Gasteiger partial charge on any atom is -0.465 e. The van der Waals surface area contributed by atoms with Gasteiger partial charge in [-0.2, -0.15) is 4.98 Å². The smallest absolute Gasteiger partial charge is 0.340 e. The van der Waals surface area contributed by atoms with Crippen molar-refractivity contribution in [3.63, 3.8) is 0 Å². The van der Waals surface area contributed by atoms with Crippen LogP contribution in [0.5, 0.6) is 0 Å². The van der Waals surface area contributed by atoms with Crippen LogP contribution in [0.2, 0.25) is 0 Å². The number of ether oxygens (including phenoxy) is 1. The summed E-state index contributed by atoms with van der Waals surface area (Å²) in [5.74, 6) is -0.652. The van der Waals surface area contributed by atoms with Crippen LogP contribution in [0.15, 0.2) is 45.3 Å². The van der Waals surface area contributed by atoms with Crippen molar-refractivity contribution < 1.29 is 22.9 Å². The summed E-state index contributed by atoms with van der Waals surface area (Å²) in [5.41, 5.74) is 3.05. The standard InChI is InChI=1S/C20H15FN2O4/c1-10-4-5-11(2)17-14(10)9-16(26-17)19-22-18(23-27-19)12-6-7-13(15(21)8-12)20(24)25-3/h4-9H,1-3H3. The summed E-state index contributed by atoms with van der Waals surface area (Å²) < 4.78 is 29.8.